The second-order valence-corrected chi connectivity index (χ2v) is 4.53. The number of hydrogen-bond acceptors (Lipinski definition) is 3. The molecule has 86 valence electrons. The van der Waals surface area contributed by atoms with Gasteiger partial charge in [0.25, 0.3) is 0 Å². The summed E-state index contributed by atoms with van der Waals surface area (Å²) in [5.74, 6) is 0.252. The number of hydrogen-bond donors (Lipinski definition) is 3. The van der Waals surface area contributed by atoms with E-state index in [1.54, 1.807) is 43.3 Å². The van der Waals surface area contributed by atoms with Crippen molar-refractivity contribution >= 4 is 0 Å². The molecule has 2 aromatic carbocycles. The number of phenolic OH excluding ortho intramolecular Hbond substituents is 2. The Labute approximate surface area is 98.6 Å². The average molecular weight is 228 g/mol. The third-order valence-corrected chi connectivity index (χ3v) is 3.35. The SMILES string of the molecule is CC1(O)c2cc(O)ccc2-c2ccc(O)cc21. The van der Waals surface area contributed by atoms with Gasteiger partial charge < -0.3 is 15.3 Å². The fraction of sp³-hybridized carbons (Fsp3) is 0.143. The minimum Gasteiger partial charge on any atom is -0.508 e. The Bertz CT molecular complexity index is 561. The number of benzene rings is 2. The number of fused-ring (bicyclic) bond motifs is 3. The maximum atomic E-state index is 10.5. The quantitative estimate of drug-likeness (QED) is 0.648. The lowest BCUT2D eigenvalue weighted by Gasteiger charge is -2.20. The first-order chi connectivity index (χ1) is 8.00. The molecular weight excluding hydrogens is 216 g/mol. The Morgan fingerprint density at radius 2 is 1.24 bits per heavy atom. The van der Waals surface area contributed by atoms with E-state index in [9.17, 15) is 15.3 Å². The van der Waals surface area contributed by atoms with Crippen molar-refractivity contribution in [3.05, 3.63) is 47.5 Å². The van der Waals surface area contributed by atoms with Crippen molar-refractivity contribution in [2.45, 2.75) is 12.5 Å². The number of phenols is 2. The molecule has 3 nitrogen and oxygen atoms in total. The summed E-state index contributed by atoms with van der Waals surface area (Å²) in [5, 5.41) is 29.5. The molecule has 0 bridgehead atoms. The van der Waals surface area contributed by atoms with Gasteiger partial charge in [-0.15, -0.1) is 0 Å². The maximum absolute atomic E-state index is 10.5. The lowest BCUT2D eigenvalue weighted by molar-refractivity contribution is 0.107. The van der Waals surface area contributed by atoms with E-state index in [0.29, 0.717) is 11.1 Å². The van der Waals surface area contributed by atoms with Gasteiger partial charge in [0, 0.05) is 0 Å². The van der Waals surface area contributed by atoms with Gasteiger partial charge in [-0.3, -0.25) is 0 Å². The van der Waals surface area contributed by atoms with Crippen LogP contribution in [0.3, 0.4) is 0 Å². The fourth-order valence-electron chi connectivity index (χ4n) is 2.48. The summed E-state index contributed by atoms with van der Waals surface area (Å²) in [4.78, 5) is 0. The largest absolute Gasteiger partial charge is 0.508 e. The molecule has 0 saturated heterocycles. The Morgan fingerprint density at radius 1 is 0.824 bits per heavy atom. The second kappa shape index (κ2) is 3.02. The zero-order valence-electron chi connectivity index (χ0n) is 9.31. The van der Waals surface area contributed by atoms with E-state index in [1.165, 1.54) is 0 Å². The molecule has 17 heavy (non-hydrogen) atoms. The summed E-state index contributed by atoms with van der Waals surface area (Å²) in [6.07, 6.45) is 0. The minimum absolute atomic E-state index is 0.126. The van der Waals surface area contributed by atoms with Gasteiger partial charge >= 0.3 is 0 Å². The monoisotopic (exact) mass is 228 g/mol. The third kappa shape index (κ3) is 1.26. The Hall–Kier alpha value is -2.00. The van der Waals surface area contributed by atoms with E-state index in [1.807, 2.05) is 0 Å². The fourth-order valence-corrected chi connectivity index (χ4v) is 2.48. The van der Waals surface area contributed by atoms with E-state index < -0.39 is 5.60 Å². The number of aromatic hydroxyl groups is 2. The molecule has 1 aliphatic rings. The Kier molecular flexibility index (Phi) is 1.81. The highest BCUT2D eigenvalue weighted by molar-refractivity contribution is 5.81. The van der Waals surface area contributed by atoms with Crippen LogP contribution in [0.25, 0.3) is 11.1 Å². The van der Waals surface area contributed by atoms with Gasteiger partial charge in [-0.2, -0.15) is 0 Å². The highest BCUT2D eigenvalue weighted by Crippen LogP contribution is 2.48. The Morgan fingerprint density at radius 3 is 1.65 bits per heavy atom. The van der Waals surface area contributed by atoms with Gasteiger partial charge in [-0.1, -0.05) is 12.1 Å². The average Bonchev–Trinajstić information content (AvgIpc) is 2.49. The molecule has 0 aliphatic heterocycles. The number of rotatable bonds is 0. The van der Waals surface area contributed by atoms with Gasteiger partial charge in [0.2, 0.25) is 0 Å². The molecule has 2 aromatic rings. The molecule has 0 amide bonds. The van der Waals surface area contributed by atoms with Gasteiger partial charge in [-0.25, -0.2) is 0 Å². The highest BCUT2D eigenvalue weighted by Gasteiger charge is 2.37. The molecule has 3 heteroatoms. The maximum Gasteiger partial charge on any atom is 0.116 e. The third-order valence-electron chi connectivity index (χ3n) is 3.35. The van der Waals surface area contributed by atoms with Gasteiger partial charge in [0.05, 0.1) is 0 Å². The number of aliphatic hydroxyl groups is 1. The molecule has 0 unspecified atom stereocenters. The lowest BCUT2D eigenvalue weighted by Crippen LogP contribution is -2.19. The molecule has 0 spiro atoms. The van der Waals surface area contributed by atoms with E-state index in [-0.39, 0.29) is 11.5 Å². The lowest BCUT2D eigenvalue weighted by atomic mass is 9.94. The molecule has 0 aromatic heterocycles. The summed E-state index contributed by atoms with van der Waals surface area (Å²) in [5.41, 5.74) is 1.93. The van der Waals surface area contributed by atoms with Crippen LogP contribution in [0, 0.1) is 0 Å². The van der Waals surface area contributed by atoms with Crippen molar-refractivity contribution in [1.82, 2.24) is 0 Å². The standard InChI is InChI=1S/C14H12O3/c1-14(17)12-6-8(15)2-4-10(12)11-5-3-9(16)7-13(11)14/h2-7,15-17H,1H3. The summed E-state index contributed by atoms with van der Waals surface area (Å²) in [6, 6.07) is 9.87. The molecule has 0 saturated carbocycles. The molecule has 3 N–H and O–H groups in total. The van der Waals surface area contributed by atoms with Crippen LogP contribution in [0.5, 0.6) is 11.5 Å². The van der Waals surface area contributed by atoms with Gasteiger partial charge in [-0.05, 0) is 53.4 Å². The first kappa shape index (κ1) is 10.2. The predicted octanol–water partition coefficient (Wildman–Crippen LogP) is 2.33. The topological polar surface area (TPSA) is 60.7 Å². The van der Waals surface area contributed by atoms with Crippen LogP contribution in [-0.4, -0.2) is 15.3 Å². The zero-order valence-corrected chi connectivity index (χ0v) is 9.31. The van der Waals surface area contributed by atoms with Crippen LogP contribution in [0.2, 0.25) is 0 Å². The second-order valence-electron chi connectivity index (χ2n) is 4.53. The van der Waals surface area contributed by atoms with E-state index >= 15 is 0 Å². The van der Waals surface area contributed by atoms with Gasteiger partial charge in [0.15, 0.2) is 0 Å². The van der Waals surface area contributed by atoms with Crippen molar-refractivity contribution in [2.75, 3.05) is 0 Å². The summed E-state index contributed by atoms with van der Waals surface area (Å²) >= 11 is 0. The van der Waals surface area contributed by atoms with Crippen molar-refractivity contribution in [2.24, 2.45) is 0 Å². The van der Waals surface area contributed by atoms with E-state index in [2.05, 4.69) is 0 Å². The van der Waals surface area contributed by atoms with Gasteiger partial charge in [0.1, 0.15) is 17.1 Å². The zero-order chi connectivity index (χ0) is 12.2. The van der Waals surface area contributed by atoms with Crippen LogP contribution in [-0.2, 0) is 5.60 Å². The summed E-state index contributed by atoms with van der Waals surface area (Å²) in [6.45, 7) is 1.66. The molecule has 3 rings (SSSR count). The smallest absolute Gasteiger partial charge is 0.116 e. The van der Waals surface area contributed by atoms with Crippen molar-refractivity contribution in [1.29, 1.82) is 0 Å². The first-order valence-corrected chi connectivity index (χ1v) is 5.40. The molecular formula is C14H12O3. The first-order valence-electron chi connectivity index (χ1n) is 5.40. The molecule has 0 heterocycles. The summed E-state index contributed by atoms with van der Waals surface area (Å²) in [7, 11) is 0. The van der Waals surface area contributed by atoms with Crippen molar-refractivity contribution in [3.8, 4) is 22.6 Å². The van der Waals surface area contributed by atoms with Crippen LogP contribution in [0.1, 0.15) is 18.1 Å². The van der Waals surface area contributed by atoms with Crippen LogP contribution in [0.4, 0.5) is 0 Å². The van der Waals surface area contributed by atoms with Crippen molar-refractivity contribution in [3.63, 3.8) is 0 Å². The predicted molar refractivity (Wildman–Crippen MR) is 63.9 cm³/mol. The minimum atomic E-state index is -1.18. The van der Waals surface area contributed by atoms with E-state index in [4.69, 9.17) is 0 Å². The van der Waals surface area contributed by atoms with E-state index in [0.717, 1.165) is 11.1 Å². The summed E-state index contributed by atoms with van der Waals surface area (Å²) < 4.78 is 0. The Balaban J connectivity index is 2.37. The van der Waals surface area contributed by atoms with Crippen LogP contribution >= 0.6 is 0 Å². The van der Waals surface area contributed by atoms with Crippen LogP contribution < -0.4 is 0 Å². The highest BCUT2D eigenvalue weighted by atomic mass is 16.3. The molecule has 1 aliphatic carbocycles. The van der Waals surface area contributed by atoms with Crippen molar-refractivity contribution < 1.29 is 15.3 Å². The molecule has 0 fully saturated rings. The normalized spacial score (nSPS) is 15.4. The molecule has 0 atom stereocenters. The van der Waals surface area contributed by atoms with Crippen LogP contribution in [0.15, 0.2) is 36.4 Å². The molecule has 0 radical (unpaired) electrons.